The zero-order valence-electron chi connectivity index (χ0n) is 12.5. The van der Waals surface area contributed by atoms with Gasteiger partial charge in [-0.3, -0.25) is 15.0 Å². The van der Waals surface area contributed by atoms with E-state index in [1.165, 1.54) is 7.05 Å². The van der Waals surface area contributed by atoms with Gasteiger partial charge in [0.15, 0.2) is 0 Å². The van der Waals surface area contributed by atoms with Crippen LogP contribution in [0.4, 0.5) is 4.79 Å². The summed E-state index contributed by atoms with van der Waals surface area (Å²) < 4.78 is 24.6. The fourth-order valence-electron chi connectivity index (χ4n) is 2.42. The van der Waals surface area contributed by atoms with Gasteiger partial charge < -0.3 is 5.32 Å². The Morgan fingerprint density at radius 1 is 1.29 bits per heavy atom. The minimum Gasteiger partial charge on any atom is -0.341 e. The van der Waals surface area contributed by atoms with Crippen LogP contribution in [0.3, 0.4) is 0 Å². The summed E-state index contributed by atoms with van der Waals surface area (Å²) in [6.07, 6.45) is 4.78. The van der Waals surface area contributed by atoms with Crippen molar-refractivity contribution < 1.29 is 18.0 Å². The standard InChI is InChI=1S/C12H24N4O4S/c1-13-12(18)15-11(17)9-16-8-4-3-5-10(16)6-7-14-21(2,19)20/h10,14H,3-9H2,1-2H3,(H2,13,15,17,18). The number of imide groups is 1. The number of nitrogens with zero attached hydrogens (tertiary/aromatic N) is 1. The van der Waals surface area contributed by atoms with Gasteiger partial charge in [-0.1, -0.05) is 6.42 Å². The summed E-state index contributed by atoms with van der Waals surface area (Å²) in [5.41, 5.74) is 0. The molecule has 1 fully saturated rings. The molecule has 9 heteroatoms. The average molecular weight is 320 g/mol. The number of hydrogen-bond acceptors (Lipinski definition) is 5. The topological polar surface area (TPSA) is 108 Å². The molecular weight excluding hydrogens is 296 g/mol. The molecule has 8 nitrogen and oxygen atoms in total. The Bertz CT molecular complexity index is 466. The second-order valence-electron chi connectivity index (χ2n) is 5.20. The monoisotopic (exact) mass is 320 g/mol. The first-order valence-corrected chi connectivity index (χ1v) is 8.91. The predicted octanol–water partition coefficient (Wildman–Crippen LogP) is -0.764. The van der Waals surface area contributed by atoms with Crippen molar-refractivity contribution in [3.05, 3.63) is 0 Å². The summed E-state index contributed by atoms with van der Waals surface area (Å²) in [5.74, 6) is -0.350. The summed E-state index contributed by atoms with van der Waals surface area (Å²) >= 11 is 0. The Hall–Kier alpha value is -1.19. The molecule has 0 aromatic rings. The Kier molecular flexibility index (Phi) is 7.06. The van der Waals surface area contributed by atoms with E-state index in [4.69, 9.17) is 0 Å². The van der Waals surface area contributed by atoms with Crippen molar-refractivity contribution in [2.45, 2.75) is 31.7 Å². The maximum absolute atomic E-state index is 11.7. The SMILES string of the molecule is CNC(=O)NC(=O)CN1CCCCC1CCNS(C)(=O)=O. The highest BCUT2D eigenvalue weighted by atomic mass is 32.2. The van der Waals surface area contributed by atoms with E-state index in [0.29, 0.717) is 13.0 Å². The summed E-state index contributed by atoms with van der Waals surface area (Å²) in [7, 11) is -1.74. The van der Waals surface area contributed by atoms with Crippen molar-refractivity contribution in [3.63, 3.8) is 0 Å². The second kappa shape index (κ2) is 8.30. The molecule has 0 aromatic heterocycles. The molecule has 1 aliphatic heterocycles. The van der Waals surface area contributed by atoms with E-state index in [2.05, 4.69) is 15.4 Å². The zero-order valence-corrected chi connectivity index (χ0v) is 13.3. The Morgan fingerprint density at radius 3 is 2.62 bits per heavy atom. The number of likely N-dealkylation sites (tertiary alicyclic amines) is 1. The van der Waals surface area contributed by atoms with Crippen molar-refractivity contribution in [1.82, 2.24) is 20.3 Å². The third kappa shape index (κ3) is 7.39. The number of nitrogens with one attached hydrogen (secondary N) is 3. The average Bonchev–Trinajstić information content (AvgIpc) is 2.39. The van der Waals surface area contributed by atoms with E-state index in [-0.39, 0.29) is 18.5 Å². The summed E-state index contributed by atoms with van der Waals surface area (Å²) in [5, 5.41) is 4.56. The lowest BCUT2D eigenvalue weighted by Gasteiger charge is -2.35. The van der Waals surface area contributed by atoms with Crippen LogP contribution in [0.1, 0.15) is 25.7 Å². The van der Waals surface area contributed by atoms with Crippen molar-refractivity contribution in [1.29, 1.82) is 0 Å². The van der Waals surface area contributed by atoms with Crippen LogP contribution in [-0.4, -0.2) is 64.2 Å². The van der Waals surface area contributed by atoms with Crippen LogP contribution in [-0.2, 0) is 14.8 Å². The number of hydrogen-bond donors (Lipinski definition) is 3. The largest absolute Gasteiger partial charge is 0.341 e. The molecule has 122 valence electrons. The van der Waals surface area contributed by atoms with Crippen molar-refractivity contribution in [2.75, 3.05) is 32.9 Å². The molecule has 0 saturated carbocycles. The maximum atomic E-state index is 11.7. The van der Waals surface area contributed by atoms with Crippen molar-refractivity contribution in [3.8, 4) is 0 Å². The molecule has 0 bridgehead atoms. The molecule has 1 aliphatic rings. The highest BCUT2D eigenvalue weighted by Crippen LogP contribution is 2.18. The summed E-state index contributed by atoms with van der Waals surface area (Å²) in [6.45, 7) is 1.29. The van der Waals surface area contributed by atoms with Crippen LogP contribution >= 0.6 is 0 Å². The molecule has 0 spiro atoms. The number of carbonyl (C=O) groups is 2. The van der Waals surface area contributed by atoms with Crippen LogP contribution in [0.2, 0.25) is 0 Å². The van der Waals surface area contributed by atoms with Gasteiger partial charge >= 0.3 is 6.03 Å². The lowest BCUT2D eigenvalue weighted by Crippen LogP contribution is -2.48. The van der Waals surface area contributed by atoms with E-state index in [9.17, 15) is 18.0 Å². The van der Waals surface area contributed by atoms with E-state index < -0.39 is 16.1 Å². The van der Waals surface area contributed by atoms with Gasteiger partial charge in [0, 0.05) is 19.6 Å². The lowest BCUT2D eigenvalue weighted by molar-refractivity contribution is -0.122. The predicted molar refractivity (Wildman–Crippen MR) is 79.3 cm³/mol. The van der Waals surface area contributed by atoms with Crippen LogP contribution < -0.4 is 15.4 Å². The van der Waals surface area contributed by atoms with Crippen molar-refractivity contribution >= 4 is 22.0 Å². The molecule has 3 N–H and O–H groups in total. The van der Waals surface area contributed by atoms with Gasteiger partial charge in [0.1, 0.15) is 0 Å². The Morgan fingerprint density at radius 2 is 2.00 bits per heavy atom. The molecule has 3 amide bonds. The van der Waals surface area contributed by atoms with Crippen LogP contribution in [0.15, 0.2) is 0 Å². The van der Waals surface area contributed by atoms with Gasteiger partial charge in [0.25, 0.3) is 0 Å². The third-order valence-electron chi connectivity index (χ3n) is 3.42. The van der Waals surface area contributed by atoms with E-state index >= 15 is 0 Å². The third-order valence-corrected chi connectivity index (χ3v) is 4.15. The highest BCUT2D eigenvalue weighted by Gasteiger charge is 2.24. The quantitative estimate of drug-likeness (QED) is 0.596. The van der Waals surface area contributed by atoms with Gasteiger partial charge in [-0.25, -0.2) is 17.9 Å². The molecule has 1 heterocycles. The van der Waals surface area contributed by atoms with Gasteiger partial charge in [0.2, 0.25) is 15.9 Å². The van der Waals surface area contributed by atoms with Crippen LogP contribution in [0.5, 0.6) is 0 Å². The van der Waals surface area contributed by atoms with E-state index in [1.54, 1.807) is 0 Å². The molecule has 21 heavy (non-hydrogen) atoms. The number of piperidine rings is 1. The minimum absolute atomic E-state index is 0.150. The molecule has 0 aromatic carbocycles. The summed E-state index contributed by atoms with van der Waals surface area (Å²) in [6, 6.07) is -0.365. The molecule has 0 radical (unpaired) electrons. The first-order valence-electron chi connectivity index (χ1n) is 7.02. The van der Waals surface area contributed by atoms with E-state index in [1.807, 2.05) is 4.90 Å². The second-order valence-corrected chi connectivity index (χ2v) is 7.04. The normalized spacial score (nSPS) is 20.0. The Labute approximate surface area is 125 Å². The van der Waals surface area contributed by atoms with Gasteiger partial charge in [0.05, 0.1) is 12.8 Å². The molecule has 1 rings (SSSR count). The molecule has 1 unspecified atom stereocenters. The number of urea groups is 1. The first-order chi connectivity index (χ1) is 9.81. The molecule has 1 saturated heterocycles. The van der Waals surface area contributed by atoms with E-state index in [0.717, 1.165) is 32.1 Å². The zero-order chi connectivity index (χ0) is 15.9. The number of sulfonamides is 1. The fraction of sp³-hybridized carbons (Fsp3) is 0.833. The fourth-order valence-corrected chi connectivity index (χ4v) is 2.91. The van der Waals surface area contributed by atoms with Crippen LogP contribution in [0, 0.1) is 0 Å². The molecule has 0 aliphatic carbocycles. The van der Waals surface area contributed by atoms with Crippen LogP contribution in [0.25, 0.3) is 0 Å². The Balaban J connectivity index is 2.45. The number of carbonyl (C=O) groups excluding carboxylic acids is 2. The summed E-state index contributed by atoms with van der Waals surface area (Å²) in [4.78, 5) is 24.8. The first kappa shape index (κ1) is 17.9. The molecule has 1 atom stereocenters. The van der Waals surface area contributed by atoms with Gasteiger partial charge in [-0.05, 0) is 25.8 Å². The minimum atomic E-state index is -3.19. The smallest absolute Gasteiger partial charge is 0.321 e. The van der Waals surface area contributed by atoms with Crippen molar-refractivity contribution in [2.24, 2.45) is 0 Å². The van der Waals surface area contributed by atoms with Gasteiger partial charge in [-0.15, -0.1) is 0 Å². The molecular formula is C12H24N4O4S. The number of rotatable bonds is 6. The maximum Gasteiger partial charge on any atom is 0.321 e. The number of amides is 3. The van der Waals surface area contributed by atoms with Gasteiger partial charge in [-0.2, -0.15) is 0 Å². The highest BCUT2D eigenvalue weighted by molar-refractivity contribution is 7.88. The lowest BCUT2D eigenvalue weighted by atomic mass is 9.99.